The lowest BCUT2D eigenvalue weighted by molar-refractivity contribution is -0.143. The Kier molecular flexibility index (Phi) is 78.8. The van der Waals surface area contributed by atoms with Crippen molar-refractivity contribution in [3.8, 4) is 0 Å². The number of carbonyl (C=O) groups is 2. The largest absolute Gasteiger partial charge is 0.466 e. The van der Waals surface area contributed by atoms with E-state index in [1.54, 1.807) is 0 Å². The number of esters is 1. The maximum Gasteiger partial charge on any atom is 0.305 e. The van der Waals surface area contributed by atoms with Gasteiger partial charge in [0, 0.05) is 12.8 Å². The summed E-state index contributed by atoms with van der Waals surface area (Å²) in [5, 5.41) is 23.5. The second-order valence-corrected chi connectivity index (χ2v) is 29.2. The summed E-state index contributed by atoms with van der Waals surface area (Å²) < 4.78 is 5.52. The number of nitrogens with one attached hydrogen (secondary N) is 1. The number of hydrogen-bond acceptors (Lipinski definition) is 5. The van der Waals surface area contributed by atoms with Crippen LogP contribution in [0.15, 0.2) is 12.2 Å². The standard InChI is InChI=1S/C84H165NO5/c1-3-5-7-9-11-13-15-17-19-21-23-24-37-41-44-48-52-56-60-64-68-72-76-82(87)81(80-86)85-83(88)77-73-69-65-61-57-53-49-45-42-38-35-33-31-29-27-25-26-28-30-32-34-36-39-43-47-51-55-59-63-67-71-75-79-90-84(89)78-74-70-66-62-58-54-50-46-40-22-20-18-16-14-12-10-8-6-4-2/h18,20,81-82,86-87H,3-17,19,21-80H2,1-2H3,(H,85,88)/b20-18-. The normalized spacial score (nSPS) is 12.4. The predicted molar refractivity (Wildman–Crippen MR) is 398 cm³/mol. The summed E-state index contributed by atoms with van der Waals surface area (Å²) in [5.41, 5.74) is 0. The van der Waals surface area contributed by atoms with Crippen molar-refractivity contribution in [3.63, 3.8) is 0 Å². The van der Waals surface area contributed by atoms with E-state index in [1.807, 2.05) is 0 Å². The van der Waals surface area contributed by atoms with Gasteiger partial charge < -0.3 is 20.3 Å². The average Bonchev–Trinajstić information content (AvgIpc) is 3.60. The molecule has 0 aromatic heterocycles. The van der Waals surface area contributed by atoms with Crippen molar-refractivity contribution in [1.29, 1.82) is 0 Å². The van der Waals surface area contributed by atoms with Gasteiger partial charge >= 0.3 is 5.97 Å². The minimum absolute atomic E-state index is 0.0223. The van der Waals surface area contributed by atoms with Crippen molar-refractivity contribution < 1.29 is 24.5 Å². The van der Waals surface area contributed by atoms with Gasteiger partial charge in [-0.25, -0.2) is 0 Å². The molecule has 0 saturated heterocycles. The Labute approximate surface area is 565 Å². The molecule has 0 heterocycles. The molecule has 6 nitrogen and oxygen atoms in total. The molecule has 1 amide bonds. The van der Waals surface area contributed by atoms with Crippen LogP contribution in [0.5, 0.6) is 0 Å². The third-order valence-corrected chi connectivity index (χ3v) is 20.1. The highest BCUT2D eigenvalue weighted by Crippen LogP contribution is 2.21. The Hall–Kier alpha value is -1.40. The lowest BCUT2D eigenvalue weighted by Gasteiger charge is -2.22. The van der Waals surface area contributed by atoms with E-state index in [1.165, 1.54) is 417 Å². The van der Waals surface area contributed by atoms with E-state index in [4.69, 9.17) is 4.74 Å². The van der Waals surface area contributed by atoms with E-state index in [0.29, 0.717) is 25.9 Å². The van der Waals surface area contributed by atoms with Crippen molar-refractivity contribution in [2.24, 2.45) is 0 Å². The molecule has 0 aromatic carbocycles. The lowest BCUT2D eigenvalue weighted by Crippen LogP contribution is -2.45. The number of hydrogen-bond donors (Lipinski definition) is 3. The first-order chi connectivity index (χ1) is 44.5. The molecule has 0 saturated carbocycles. The van der Waals surface area contributed by atoms with Crippen LogP contribution in [0.3, 0.4) is 0 Å². The van der Waals surface area contributed by atoms with Gasteiger partial charge in [0.1, 0.15) is 0 Å². The Balaban J connectivity index is 3.31. The number of allylic oxidation sites excluding steroid dienone is 2. The summed E-state index contributed by atoms with van der Waals surface area (Å²) in [6.45, 7) is 5.01. The highest BCUT2D eigenvalue weighted by molar-refractivity contribution is 5.76. The smallest absolute Gasteiger partial charge is 0.305 e. The maximum absolute atomic E-state index is 12.6. The first-order valence-electron chi connectivity index (χ1n) is 41.9. The molecule has 2 unspecified atom stereocenters. The van der Waals surface area contributed by atoms with E-state index < -0.39 is 12.1 Å². The minimum atomic E-state index is -0.662. The molecule has 6 heteroatoms. The molecule has 0 fully saturated rings. The monoisotopic (exact) mass is 1270 g/mol. The van der Waals surface area contributed by atoms with E-state index in [9.17, 15) is 19.8 Å². The molecule has 0 rings (SSSR count). The zero-order valence-electron chi connectivity index (χ0n) is 61.7. The Morgan fingerprint density at radius 2 is 0.522 bits per heavy atom. The molecule has 3 N–H and O–H groups in total. The number of aliphatic hydroxyl groups is 2. The third-order valence-electron chi connectivity index (χ3n) is 20.1. The Morgan fingerprint density at radius 1 is 0.300 bits per heavy atom. The molecule has 0 aliphatic rings. The number of ether oxygens (including phenoxy) is 1. The molecular formula is C84H165NO5. The Bertz CT molecular complexity index is 1370. The summed E-state index contributed by atoms with van der Waals surface area (Å²) in [4.78, 5) is 24.7. The molecule has 2 atom stereocenters. The quantitative estimate of drug-likeness (QED) is 0.0320. The van der Waals surface area contributed by atoms with Crippen molar-refractivity contribution in [2.75, 3.05) is 13.2 Å². The van der Waals surface area contributed by atoms with Gasteiger partial charge in [-0.2, -0.15) is 0 Å². The second kappa shape index (κ2) is 80.0. The summed E-state index contributed by atoms with van der Waals surface area (Å²) in [5.74, 6) is -0.00194. The first kappa shape index (κ1) is 88.6. The molecule has 0 aliphatic carbocycles. The molecule has 536 valence electrons. The zero-order chi connectivity index (χ0) is 64.9. The summed E-state index contributed by atoms with van der Waals surface area (Å²) in [6, 6.07) is -0.539. The van der Waals surface area contributed by atoms with Crippen molar-refractivity contribution in [1.82, 2.24) is 5.32 Å². The molecule has 0 bridgehead atoms. The van der Waals surface area contributed by atoms with Crippen LogP contribution in [0.4, 0.5) is 0 Å². The van der Waals surface area contributed by atoms with Gasteiger partial charge in [0.2, 0.25) is 5.91 Å². The minimum Gasteiger partial charge on any atom is -0.466 e. The number of carbonyl (C=O) groups excluding carboxylic acids is 2. The van der Waals surface area contributed by atoms with E-state index in [2.05, 4.69) is 31.3 Å². The van der Waals surface area contributed by atoms with Crippen LogP contribution in [-0.2, 0) is 14.3 Å². The van der Waals surface area contributed by atoms with Gasteiger partial charge in [-0.15, -0.1) is 0 Å². The van der Waals surface area contributed by atoms with Gasteiger partial charge in [-0.1, -0.05) is 437 Å². The third kappa shape index (κ3) is 75.6. The van der Waals surface area contributed by atoms with Gasteiger partial charge in [-0.05, 0) is 51.4 Å². The molecule has 0 radical (unpaired) electrons. The van der Waals surface area contributed by atoms with E-state index in [-0.39, 0.29) is 18.5 Å². The van der Waals surface area contributed by atoms with Crippen LogP contribution in [-0.4, -0.2) is 47.4 Å². The SMILES string of the molecule is CCCCCCCC/C=C\CCCCCCCCCCCC(=O)OCCCCCCCCCCCCCCCCCCCCCCCCCCCCCCCCCCC(=O)NC(CO)C(O)CCCCCCCCCCCCCCCCCCCCCCCC. The maximum atomic E-state index is 12.6. The van der Waals surface area contributed by atoms with Crippen LogP contribution in [0.2, 0.25) is 0 Å². The van der Waals surface area contributed by atoms with Crippen LogP contribution < -0.4 is 5.32 Å². The van der Waals surface area contributed by atoms with Gasteiger partial charge in [-0.3, -0.25) is 9.59 Å². The highest BCUT2D eigenvalue weighted by Gasteiger charge is 2.20. The summed E-state index contributed by atoms with van der Waals surface area (Å²) in [6.07, 6.45) is 102. The van der Waals surface area contributed by atoms with Gasteiger partial charge in [0.15, 0.2) is 0 Å². The second-order valence-electron chi connectivity index (χ2n) is 29.2. The Morgan fingerprint density at radius 3 is 0.789 bits per heavy atom. The lowest BCUT2D eigenvalue weighted by atomic mass is 10.0. The first-order valence-corrected chi connectivity index (χ1v) is 41.9. The van der Waals surface area contributed by atoms with Crippen LogP contribution >= 0.6 is 0 Å². The van der Waals surface area contributed by atoms with Crippen LogP contribution in [0.25, 0.3) is 0 Å². The fourth-order valence-electron chi connectivity index (χ4n) is 13.7. The fraction of sp³-hybridized carbons (Fsp3) is 0.952. The summed E-state index contributed by atoms with van der Waals surface area (Å²) >= 11 is 0. The van der Waals surface area contributed by atoms with Gasteiger partial charge in [0.05, 0.1) is 25.4 Å². The highest BCUT2D eigenvalue weighted by atomic mass is 16.5. The predicted octanol–water partition coefficient (Wildman–Crippen LogP) is 27.8. The average molecular weight is 1270 g/mol. The zero-order valence-corrected chi connectivity index (χ0v) is 61.7. The molecule has 0 aromatic rings. The molecule has 0 aliphatic heterocycles. The fourth-order valence-corrected chi connectivity index (χ4v) is 13.7. The van der Waals surface area contributed by atoms with Crippen LogP contribution in [0, 0.1) is 0 Å². The number of rotatable bonds is 80. The molecule has 90 heavy (non-hydrogen) atoms. The number of amides is 1. The van der Waals surface area contributed by atoms with E-state index >= 15 is 0 Å². The van der Waals surface area contributed by atoms with E-state index in [0.717, 1.165) is 38.5 Å². The van der Waals surface area contributed by atoms with Crippen molar-refractivity contribution in [2.45, 2.75) is 501 Å². The number of unbranched alkanes of at least 4 members (excludes halogenated alkanes) is 67. The summed E-state index contributed by atoms with van der Waals surface area (Å²) in [7, 11) is 0. The van der Waals surface area contributed by atoms with Crippen LogP contribution in [0.1, 0.15) is 489 Å². The topological polar surface area (TPSA) is 95.9 Å². The van der Waals surface area contributed by atoms with Crippen molar-refractivity contribution in [3.05, 3.63) is 12.2 Å². The van der Waals surface area contributed by atoms with Gasteiger partial charge in [0.25, 0.3) is 0 Å². The van der Waals surface area contributed by atoms with Crippen molar-refractivity contribution >= 4 is 11.9 Å². The molecule has 0 spiro atoms. The number of aliphatic hydroxyl groups excluding tert-OH is 2. The molecular weight excluding hydrogens is 1100 g/mol.